The van der Waals surface area contributed by atoms with E-state index in [1.165, 1.54) is 0 Å². The van der Waals surface area contributed by atoms with Gasteiger partial charge in [0.15, 0.2) is 6.10 Å². The number of anilines is 3. The van der Waals surface area contributed by atoms with Gasteiger partial charge in [0.2, 0.25) is 5.91 Å². The summed E-state index contributed by atoms with van der Waals surface area (Å²) >= 11 is 0. The Morgan fingerprint density at radius 1 is 1.45 bits per heavy atom. The van der Waals surface area contributed by atoms with Crippen molar-refractivity contribution in [1.29, 1.82) is 5.26 Å². The molecule has 0 spiro atoms. The molecule has 1 fully saturated rings. The molecule has 6 heteroatoms. The Morgan fingerprint density at radius 3 is 3.10 bits per heavy atom. The van der Waals surface area contributed by atoms with E-state index in [1.54, 1.807) is 6.07 Å². The summed E-state index contributed by atoms with van der Waals surface area (Å²) in [6.45, 7) is 1.75. The first-order valence-electron chi connectivity index (χ1n) is 6.66. The third kappa shape index (κ3) is 2.28. The number of aryl methyl sites for hydroxylation is 1. The van der Waals surface area contributed by atoms with Gasteiger partial charge >= 0.3 is 0 Å². The molecule has 2 aliphatic rings. The number of nitrogens with one attached hydrogen (secondary N) is 1. The summed E-state index contributed by atoms with van der Waals surface area (Å²) in [6, 6.07) is 5.95. The van der Waals surface area contributed by atoms with Crippen molar-refractivity contribution in [2.24, 2.45) is 0 Å². The fraction of sp³-hybridized carbons (Fsp3) is 0.429. The predicted octanol–water partition coefficient (Wildman–Crippen LogP) is 0.882. The van der Waals surface area contributed by atoms with Crippen LogP contribution in [0.25, 0.3) is 0 Å². The van der Waals surface area contributed by atoms with Crippen molar-refractivity contribution >= 4 is 23.0 Å². The number of morpholine rings is 1. The van der Waals surface area contributed by atoms with Gasteiger partial charge in [-0.15, -0.1) is 0 Å². The molecule has 104 valence electrons. The van der Waals surface area contributed by atoms with E-state index in [-0.39, 0.29) is 5.91 Å². The summed E-state index contributed by atoms with van der Waals surface area (Å²) in [5.74, 6) is 0.0283. The highest BCUT2D eigenvalue weighted by Gasteiger charge is 2.24. The number of hydrogen-bond acceptors (Lipinski definition) is 5. The van der Waals surface area contributed by atoms with E-state index in [0.29, 0.717) is 31.8 Å². The molecule has 3 N–H and O–H groups in total. The number of carbonyl (C=O) groups excluding carboxylic acids is 1. The van der Waals surface area contributed by atoms with Crippen LogP contribution in [0.5, 0.6) is 0 Å². The Bertz CT molecular complexity index is 594. The van der Waals surface area contributed by atoms with Crippen LogP contribution in [0, 0.1) is 11.3 Å². The second-order valence-electron chi connectivity index (χ2n) is 5.05. The highest BCUT2D eigenvalue weighted by atomic mass is 16.5. The van der Waals surface area contributed by atoms with E-state index in [1.807, 2.05) is 6.07 Å². The van der Waals surface area contributed by atoms with E-state index < -0.39 is 6.10 Å². The normalized spacial score (nSPS) is 21.9. The molecule has 1 unspecified atom stereocenters. The quantitative estimate of drug-likeness (QED) is 0.741. The molecule has 0 bridgehead atoms. The standard InChI is InChI=1S/C14H16N4O2/c15-7-10-8-18(3-4-20-10)13-5-9-1-2-14(19)17-12(9)6-11(13)16/h5-6,10H,1-4,8,16H2,(H,17,19). The molecule has 1 aromatic rings. The molecule has 20 heavy (non-hydrogen) atoms. The average Bonchev–Trinajstić information content (AvgIpc) is 2.46. The molecule has 1 amide bonds. The van der Waals surface area contributed by atoms with Gasteiger partial charge in [0.05, 0.1) is 30.6 Å². The Kier molecular flexibility index (Phi) is 3.20. The monoisotopic (exact) mass is 272 g/mol. The van der Waals surface area contributed by atoms with Crippen LogP contribution in [0.15, 0.2) is 12.1 Å². The number of carbonyl (C=O) groups is 1. The first-order valence-corrected chi connectivity index (χ1v) is 6.66. The zero-order chi connectivity index (χ0) is 14.1. The Morgan fingerprint density at radius 2 is 2.30 bits per heavy atom. The summed E-state index contributed by atoms with van der Waals surface area (Å²) in [6.07, 6.45) is 0.805. The van der Waals surface area contributed by atoms with Gasteiger partial charge in [-0.05, 0) is 24.1 Å². The van der Waals surface area contributed by atoms with Crippen LogP contribution in [0.3, 0.4) is 0 Å². The average molecular weight is 272 g/mol. The molecule has 0 saturated carbocycles. The number of nitrogens with zero attached hydrogens (tertiary/aromatic N) is 2. The third-order valence-electron chi connectivity index (χ3n) is 3.70. The first-order chi connectivity index (χ1) is 9.67. The van der Waals surface area contributed by atoms with Crippen molar-refractivity contribution in [2.45, 2.75) is 18.9 Å². The van der Waals surface area contributed by atoms with Crippen LogP contribution in [-0.4, -0.2) is 31.7 Å². The lowest BCUT2D eigenvalue weighted by atomic mass is 10.0. The van der Waals surface area contributed by atoms with Crippen molar-refractivity contribution in [2.75, 3.05) is 35.6 Å². The van der Waals surface area contributed by atoms with Crippen LogP contribution >= 0.6 is 0 Å². The van der Waals surface area contributed by atoms with E-state index in [2.05, 4.69) is 16.3 Å². The van der Waals surface area contributed by atoms with Crippen molar-refractivity contribution in [3.8, 4) is 6.07 Å². The lowest BCUT2D eigenvalue weighted by Gasteiger charge is -2.33. The van der Waals surface area contributed by atoms with Gasteiger partial charge in [-0.25, -0.2) is 0 Å². The van der Waals surface area contributed by atoms with Gasteiger partial charge in [0.25, 0.3) is 0 Å². The van der Waals surface area contributed by atoms with E-state index in [9.17, 15) is 4.79 Å². The summed E-state index contributed by atoms with van der Waals surface area (Å²) < 4.78 is 5.34. The van der Waals surface area contributed by atoms with Crippen molar-refractivity contribution in [3.05, 3.63) is 17.7 Å². The second kappa shape index (κ2) is 5.02. The van der Waals surface area contributed by atoms with Crippen LogP contribution in [0.4, 0.5) is 17.1 Å². The fourth-order valence-corrected chi connectivity index (χ4v) is 2.65. The molecule has 2 aliphatic heterocycles. The Balaban J connectivity index is 1.90. The number of rotatable bonds is 1. The largest absolute Gasteiger partial charge is 0.397 e. The second-order valence-corrected chi connectivity index (χ2v) is 5.05. The first kappa shape index (κ1) is 12.8. The summed E-state index contributed by atoms with van der Waals surface area (Å²) in [7, 11) is 0. The molecule has 6 nitrogen and oxygen atoms in total. The molecule has 0 aliphatic carbocycles. The topological polar surface area (TPSA) is 91.4 Å². The fourth-order valence-electron chi connectivity index (χ4n) is 2.65. The number of nitriles is 1. The Hall–Kier alpha value is -2.26. The van der Waals surface area contributed by atoms with Gasteiger partial charge in [-0.2, -0.15) is 5.26 Å². The molecule has 2 heterocycles. The zero-order valence-electron chi connectivity index (χ0n) is 11.1. The lowest BCUT2D eigenvalue weighted by Crippen LogP contribution is -2.42. The minimum Gasteiger partial charge on any atom is -0.397 e. The number of nitrogens with two attached hydrogens (primary N) is 1. The van der Waals surface area contributed by atoms with Gasteiger partial charge in [-0.3, -0.25) is 4.79 Å². The predicted molar refractivity (Wildman–Crippen MR) is 75.4 cm³/mol. The molecule has 1 aromatic carbocycles. The van der Waals surface area contributed by atoms with Crippen molar-refractivity contribution < 1.29 is 9.53 Å². The van der Waals surface area contributed by atoms with Gasteiger partial charge in [-0.1, -0.05) is 0 Å². The minimum absolute atomic E-state index is 0.0283. The highest BCUT2D eigenvalue weighted by Crippen LogP contribution is 2.33. The SMILES string of the molecule is N#CC1CN(c2cc3c(cc2N)NC(=O)CC3)CCO1. The van der Waals surface area contributed by atoms with Crippen LogP contribution < -0.4 is 16.0 Å². The number of hydrogen-bond donors (Lipinski definition) is 2. The number of fused-ring (bicyclic) bond motifs is 1. The maximum atomic E-state index is 11.4. The number of benzene rings is 1. The molecular weight excluding hydrogens is 256 g/mol. The van der Waals surface area contributed by atoms with Crippen molar-refractivity contribution in [1.82, 2.24) is 0 Å². The number of amides is 1. The summed E-state index contributed by atoms with van der Waals surface area (Å²) in [5, 5.41) is 11.8. The summed E-state index contributed by atoms with van der Waals surface area (Å²) in [4.78, 5) is 13.5. The minimum atomic E-state index is -0.418. The lowest BCUT2D eigenvalue weighted by molar-refractivity contribution is -0.116. The smallest absolute Gasteiger partial charge is 0.224 e. The van der Waals surface area contributed by atoms with E-state index >= 15 is 0 Å². The van der Waals surface area contributed by atoms with Crippen LogP contribution in [0.1, 0.15) is 12.0 Å². The van der Waals surface area contributed by atoms with Crippen LogP contribution in [0.2, 0.25) is 0 Å². The number of nitrogen functional groups attached to an aromatic ring is 1. The molecule has 0 aromatic heterocycles. The molecular formula is C14H16N4O2. The summed E-state index contributed by atoms with van der Waals surface area (Å²) in [5.41, 5.74) is 9.52. The maximum absolute atomic E-state index is 11.4. The van der Waals surface area contributed by atoms with Gasteiger partial charge < -0.3 is 20.7 Å². The van der Waals surface area contributed by atoms with Gasteiger partial charge in [0.1, 0.15) is 0 Å². The van der Waals surface area contributed by atoms with E-state index in [0.717, 1.165) is 23.4 Å². The zero-order valence-corrected chi connectivity index (χ0v) is 11.1. The third-order valence-corrected chi connectivity index (χ3v) is 3.70. The van der Waals surface area contributed by atoms with Crippen LogP contribution in [-0.2, 0) is 16.0 Å². The number of ether oxygens (including phenoxy) is 1. The maximum Gasteiger partial charge on any atom is 0.224 e. The highest BCUT2D eigenvalue weighted by molar-refractivity contribution is 5.95. The van der Waals surface area contributed by atoms with E-state index in [4.69, 9.17) is 15.7 Å². The van der Waals surface area contributed by atoms with Gasteiger partial charge in [0, 0.05) is 18.7 Å². The van der Waals surface area contributed by atoms with Crippen molar-refractivity contribution in [3.63, 3.8) is 0 Å². The molecule has 1 saturated heterocycles. The molecule has 3 rings (SSSR count). The molecule has 1 atom stereocenters. The Labute approximate surface area is 117 Å². The molecule has 0 radical (unpaired) electrons.